The molecule has 36 heavy (non-hydrogen) atoms. The number of anilines is 1. The molecule has 0 aliphatic carbocycles. The molecule has 5 aromatic rings. The van der Waals surface area contributed by atoms with Crippen molar-refractivity contribution in [1.29, 1.82) is 0 Å². The summed E-state index contributed by atoms with van der Waals surface area (Å²) in [6, 6.07) is 17.5. The largest absolute Gasteiger partial charge is 0.319 e. The Morgan fingerprint density at radius 1 is 0.944 bits per heavy atom. The zero-order valence-electron chi connectivity index (χ0n) is 19.5. The van der Waals surface area contributed by atoms with Crippen LogP contribution in [0.4, 0.5) is 10.1 Å². The van der Waals surface area contributed by atoms with Gasteiger partial charge in [-0.05, 0) is 55.3 Å². The minimum Gasteiger partial charge on any atom is -0.319 e. The fourth-order valence-electron chi connectivity index (χ4n) is 4.67. The van der Waals surface area contributed by atoms with Gasteiger partial charge in [0.25, 0.3) is 5.91 Å². The number of fused-ring (bicyclic) bond motifs is 2. The van der Waals surface area contributed by atoms with Crippen molar-refractivity contribution >= 4 is 22.5 Å². The first-order valence-corrected chi connectivity index (χ1v) is 12.0. The van der Waals surface area contributed by atoms with E-state index in [9.17, 15) is 9.18 Å². The number of hydrogen-bond acceptors (Lipinski definition) is 5. The first-order valence-electron chi connectivity index (χ1n) is 12.0. The third-order valence-corrected chi connectivity index (χ3v) is 6.50. The van der Waals surface area contributed by atoms with Crippen LogP contribution in [-0.2, 0) is 13.0 Å². The van der Waals surface area contributed by atoms with Gasteiger partial charge in [0.05, 0.1) is 22.5 Å². The van der Waals surface area contributed by atoms with Crippen LogP contribution in [0.1, 0.15) is 35.4 Å². The number of amides is 1. The number of hydrogen-bond donors (Lipinski definition) is 1. The lowest BCUT2D eigenvalue weighted by atomic mass is 10.0. The molecule has 0 bridgehead atoms. The molecular formula is C28H23FN6O. The second-order valence-electron chi connectivity index (χ2n) is 8.86. The van der Waals surface area contributed by atoms with Gasteiger partial charge in [-0.1, -0.05) is 24.6 Å². The van der Waals surface area contributed by atoms with E-state index in [-0.39, 0.29) is 5.69 Å². The van der Waals surface area contributed by atoms with Gasteiger partial charge < -0.3 is 9.88 Å². The lowest BCUT2D eigenvalue weighted by Gasteiger charge is -2.12. The number of benzene rings is 2. The van der Waals surface area contributed by atoms with Crippen molar-refractivity contribution in [3.05, 3.63) is 90.3 Å². The number of nitrogens with one attached hydrogen (secondary N) is 1. The third kappa shape index (κ3) is 4.11. The molecule has 4 heterocycles. The van der Waals surface area contributed by atoms with Gasteiger partial charge in [0.1, 0.15) is 11.6 Å². The molecule has 1 amide bonds. The monoisotopic (exact) mass is 478 g/mol. The highest BCUT2D eigenvalue weighted by Crippen LogP contribution is 2.29. The fraction of sp³-hybridized carbons (Fsp3) is 0.179. The molecule has 0 spiro atoms. The number of halogens is 1. The van der Waals surface area contributed by atoms with Crippen molar-refractivity contribution < 1.29 is 9.18 Å². The number of aryl methyl sites for hydroxylation is 1. The number of para-hydroxylation sites is 1. The predicted molar refractivity (Wildman–Crippen MR) is 136 cm³/mol. The molecule has 0 unspecified atom stereocenters. The summed E-state index contributed by atoms with van der Waals surface area (Å²) in [5.74, 6) is 0.697. The molecule has 8 heteroatoms. The van der Waals surface area contributed by atoms with E-state index < -0.39 is 11.7 Å². The maximum absolute atomic E-state index is 14.9. The van der Waals surface area contributed by atoms with Crippen LogP contribution in [0, 0.1) is 5.82 Å². The van der Waals surface area contributed by atoms with E-state index in [1.165, 1.54) is 6.07 Å². The van der Waals surface area contributed by atoms with E-state index in [0.29, 0.717) is 33.5 Å². The molecule has 1 aliphatic rings. The SMILES string of the molecule is O=C(Nc1cc(-c2nnc3n2CCCCC3)ccc1F)c1cc(-c2cccnc2)nc2ccccc12. The molecule has 178 valence electrons. The highest BCUT2D eigenvalue weighted by molar-refractivity contribution is 6.13. The maximum Gasteiger partial charge on any atom is 0.256 e. The van der Waals surface area contributed by atoms with Crippen molar-refractivity contribution in [2.45, 2.75) is 32.2 Å². The summed E-state index contributed by atoms with van der Waals surface area (Å²) in [6.45, 7) is 0.830. The Kier molecular flexibility index (Phi) is 5.69. The van der Waals surface area contributed by atoms with Crippen LogP contribution in [0.25, 0.3) is 33.5 Å². The van der Waals surface area contributed by atoms with E-state index >= 15 is 0 Å². The van der Waals surface area contributed by atoms with E-state index in [1.54, 1.807) is 30.6 Å². The minimum atomic E-state index is -0.520. The third-order valence-electron chi connectivity index (χ3n) is 6.50. The summed E-state index contributed by atoms with van der Waals surface area (Å²) < 4.78 is 17.0. The molecule has 1 N–H and O–H groups in total. The zero-order valence-corrected chi connectivity index (χ0v) is 19.5. The number of aromatic nitrogens is 5. The summed E-state index contributed by atoms with van der Waals surface area (Å²) in [4.78, 5) is 22.3. The predicted octanol–water partition coefficient (Wildman–Crippen LogP) is 5.67. The van der Waals surface area contributed by atoms with Crippen molar-refractivity contribution in [3.8, 4) is 22.6 Å². The molecule has 0 radical (unpaired) electrons. The Morgan fingerprint density at radius 3 is 2.75 bits per heavy atom. The van der Waals surface area contributed by atoms with Crippen LogP contribution in [-0.4, -0.2) is 30.6 Å². The summed E-state index contributed by atoms with van der Waals surface area (Å²) >= 11 is 0. The van der Waals surface area contributed by atoms with E-state index in [2.05, 4.69) is 25.1 Å². The van der Waals surface area contributed by atoms with Gasteiger partial charge in [-0.25, -0.2) is 9.37 Å². The van der Waals surface area contributed by atoms with E-state index in [0.717, 1.165) is 43.6 Å². The summed E-state index contributed by atoms with van der Waals surface area (Å²) in [5, 5.41) is 12.2. The molecule has 0 saturated heterocycles. The Labute approximate surface area is 207 Å². The van der Waals surface area contributed by atoms with E-state index in [4.69, 9.17) is 4.98 Å². The van der Waals surface area contributed by atoms with Crippen LogP contribution in [0.5, 0.6) is 0 Å². The van der Waals surface area contributed by atoms with Crippen LogP contribution in [0.3, 0.4) is 0 Å². The van der Waals surface area contributed by atoms with Gasteiger partial charge in [0.15, 0.2) is 5.82 Å². The van der Waals surface area contributed by atoms with Gasteiger partial charge in [-0.3, -0.25) is 9.78 Å². The van der Waals surface area contributed by atoms with Crippen LogP contribution < -0.4 is 5.32 Å². The van der Waals surface area contributed by atoms with Crippen molar-refractivity contribution in [2.24, 2.45) is 0 Å². The second kappa shape index (κ2) is 9.30. The van der Waals surface area contributed by atoms with Crippen molar-refractivity contribution in [2.75, 3.05) is 5.32 Å². The summed E-state index contributed by atoms with van der Waals surface area (Å²) in [5.41, 5.74) is 3.28. The molecule has 6 rings (SSSR count). The van der Waals surface area contributed by atoms with Gasteiger partial charge >= 0.3 is 0 Å². The van der Waals surface area contributed by atoms with Crippen molar-refractivity contribution in [3.63, 3.8) is 0 Å². The first-order chi connectivity index (χ1) is 17.7. The lowest BCUT2D eigenvalue weighted by Crippen LogP contribution is -2.14. The molecule has 1 aliphatic heterocycles. The van der Waals surface area contributed by atoms with Gasteiger partial charge in [0.2, 0.25) is 0 Å². The quantitative estimate of drug-likeness (QED) is 0.360. The van der Waals surface area contributed by atoms with Crippen LogP contribution in [0.2, 0.25) is 0 Å². The van der Waals surface area contributed by atoms with Crippen LogP contribution >= 0.6 is 0 Å². The maximum atomic E-state index is 14.9. The highest BCUT2D eigenvalue weighted by Gasteiger charge is 2.19. The Morgan fingerprint density at radius 2 is 1.86 bits per heavy atom. The number of rotatable bonds is 4. The number of carbonyl (C=O) groups excluding carboxylic acids is 1. The molecular weight excluding hydrogens is 455 g/mol. The molecule has 7 nitrogen and oxygen atoms in total. The Bertz CT molecular complexity index is 1580. The number of carbonyl (C=O) groups is 1. The standard InChI is InChI=1S/C28H23FN6O/c29-22-12-11-18(27-34-33-26-10-2-1-5-14-35(26)27)15-25(22)32-28(36)21-16-24(19-7-6-13-30-17-19)31-23-9-4-3-8-20(21)23/h3-4,6-9,11-13,15-17H,1-2,5,10,14H2,(H,32,36). The smallest absolute Gasteiger partial charge is 0.256 e. The molecule has 3 aromatic heterocycles. The fourth-order valence-corrected chi connectivity index (χ4v) is 4.67. The lowest BCUT2D eigenvalue weighted by molar-refractivity contribution is 0.102. The van der Waals surface area contributed by atoms with Gasteiger partial charge in [-0.15, -0.1) is 10.2 Å². The number of nitrogens with zero attached hydrogens (tertiary/aromatic N) is 5. The highest BCUT2D eigenvalue weighted by atomic mass is 19.1. The topological polar surface area (TPSA) is 85.6 Å². The second-order valence-corrected chi connectivity index (χ2v) is 8.86. The average molecular weight is 479 g/mol. The van der Waals surface area contributed by atoms with Gasteiger partial charge in [0, 0.05) is 41.9 Å². The molecule has 0 atom stereocenters. The van der Waals surface area contributed by atoms with Crippen LogP contribution in [0.15, 0.2) is 73.1 Å². The van der Waals surface area contributed by atoms with E-state index in [1.807, 2.05) is 36.4 Å². The minimum absolute atomic E-state index is 0.0901. The molecule has 0 fully saturated rings. The number of pyridine rings is 2. The average Bonchev–Trinajstić information content (AvgIpc) is 3.17. The molecule has 2 aromatic carbocycles. The Balaban J connectivity index is 1.38. The summed E-state index contributed by atoms with van der Waals surface area (Å²) in [7, 11) is 0. The first kappa shape index (κ1) is 22.0. The molecule has 0 saturated carbocycles. The normalized spacial score (nSPS) is 13.2. The Hall–Kier alpha value is -4.46. The zero-order chi connectivity index (χ0) is 24.5. The van der Waals surface area contributed by atoms with Gasteiger partial charge in [-0.2, -0.15) is 0 Å². The van der Waals surface area contributed by atoms with Crippen molar-refractivity contribution in [1.82, 2.24) is 24.7 Å². The summed E-state index contributed by atoms with van der Waals surface area (Å²) in [6.07, 6.45) is 7.55.